The van der Waals surface area contributed by atoms with Crippen LogP contribution in [0, 0.1) is 11.8 Å². The van der Waals surface area contributed by atoms with Crippen LogP contribution < -0.4 is 10.9 Å². The first-order valence-corrected chi connectivity index (χ1v) is 11.1. The van der Waals surface area contributed by atoms with Gasteiger partial charge in [0.15, 0.2) is 5.69 Å². The van der Waals surface area contributed by atoms with Crippen molar-refractivity contribution in [3.05, 3.63) is 76.2 Å². The minimum Gasteiger partial charge on any atom is -0.349 e. The molecule has 6 nitrogen and oxygen atoms in total. The molecule has 0 aliphatic carbocycles. The minimum atomic E-state index is -0.240. The summed E-state index contributed by atoms with van der Waals surface area (Å²) in [5, 5.41) is 8.59. The molecular weight excluding hydrogens is 388 g/mol. The Morgan fingerprint density at radius 1 is 1.00 bits per heavy atom. The highest BCUT2D eigenvalue weighted by Crippen LogP contribution is 2.20. The highest BCUT2D eigenvalue weighted by atomic mass is 16.2. The highest BCUT2D eigenvalue weighted by molar-refractivity contribution is 6.04. The predicted molar refractivity (Wildman–Crippen MR) is 123 cm³/mol. The van der Waals surface area contributed by atoms with Crippen molar-refractivity contribution in [2.24, 2.45) is 11.8 Å². The van der Waals surface area contributed by atoms with Crippen LogP contribution in [-0.2, 0) is 6.54 Å². The molecule has 1 aliphatic heterocycles. The van der Waals surface area contributed by atoms with Crippen LogP contribution in [0.5, 0.6) is 0 Å². The van der Waals surface area contributed by atoms with Crippen LogP contribution in [0.25, 0.3) is 10.8 Å². The minimum absolute atomic E-state index is 0.188. The Labute approximate surface area is 182 Å². The van der Waals surface area contributed by atoms with Crippen LogP contribution >= 0.6 is 0 Å². The highest BCUT2D eigenvalue weighted by Gasteiger charge is 2.22. The van der Waals surface area contributed by atoms with E-state index in [1.807, 2.05) is 42.5 Å². The van der Waals surface area contributed by atoms with Crippen LogP contribution in [0.4, 0.5) is 0 Å². The molecule has 31 heavy (non-hydrogen) atoms. The van der Waals surface area contributed by atoms with Crippen molar-refractivity contribution in [1.82, 2.24) is 20.0 Å². The molecule has 2 aromatic carbocycles. The first kappa shape index (κ1) is 21.2. The number of carbonyl (C=O) groups is 1. The quantitative estimate of drug-likeness (QED) is 0.668. The zero-order chi connectivity index (χ0) is 21.8. The van der Waals surface area contributed by atoms with E-state index in [9.17, 15) is 9.59 Å². The van der Waals surface area contributed by atoms with Crippen molar-refractivity contribution >= 4 is 16.7 Å². The van der Waals surface area contributed by atoms with Gasteiger partial charge in [-0.1, -0.05) is 62.4 Å². The van der Waals surface area contributed by atoms with Crippen molar-refractivity contribution in [2.75, 3.05) is 26.2 Å². The Balaban J connectivity index is 1.54. The lowest BCUT2D eigenvalue weighted by Crippen LogP contribution is -2.43. The first-order chi connectivity index (χ1) is 15.0. The number of aromatic nitrogens is 2. The van der Waals surface area contributed by atoms with E-state index in [4.69, 9.17) is 0 Å². The molecule has 162 valence electrons. The molecule has 1 fully saturated rings. The molecule has 3 aromatic rings. The van der Waals surface area contributed by atoms with Crippen LogP contribution in [-0.4, -0.2) is 46.8 Å². The van der Waals surface area contributed by atoms with Gasteiger partial charge in [0.2, 0.25) is 0 Å². The molecule has 0 spiro atoms. The van der Waals surface area contributed by atoms with Crippen molar-refractivity contribution in [2.45, 2.75) is 26.8 Å². The fourth-order valence-corrected chi connectivity index (χ4v) is 4.65. The Kier molecular flexibility index (Phi) is 6.47. The topological polar surface area (TPSA) is 67.2 Å². The zero-order valence-corrected chi connectivity index (χ0v) is 18.3. The van der Waals surface area contributed by atoms with Gasteiger partial charge in [-0.25, -0.2) is 4.68 Å². The monoisotopic (exact) mass is 418 g/mol. The summed E-state index contributed by atoms with van der Waals surface area (Å²) in [4.78, 5) is 28.4. The van der Waals surface area contributed by atoms with Crippen molar-refractivity contribution in [3.8, 4) is 0 Å². The van der Waals surface area contributed by atoms with E-state index in [1.165, 1.54) is 11.1 Å². The molecule has 2 heterocycles. The number of nitrogens with one attached hydrogen (secondary N) is 1. The molecule has 1 amide bonds. The van der Waals surface area contributed by atoms with Crippen LogP contribution in [0.2, 0.25) is 0 Å². The molecule has 6 heteroatoms. The van der Waals surface area contributed by atoms with E-state index in [2.05, 4.69) is 29.2 Å². The Bertz CT molecular complexity index is 1100. The van der Waals surface area contributed by atoms with Crippen molar-refractivity contribution in [1.29, 1.82) is 0 Å². The van der Waals surface area contributed by atoms with Gasteiger partial charge in [-0.3, -0.25) is 9.59 Å². The standard InChI is InChI=1S/C25H30N4O2/c1-18-14-19(2)16-28(15-18)13-12-26-24(30)23-21-10-6-7-11-22(21)25(31)29(27-23)17-20-8-4-3-5-9-20/h3-11,18-19H,12-17H2,1-2H3,(H,26,30). The average Bonchev–Trinajstić information content (AvgIpc) is 2.76. The fraction of sp³-hybridized carbons (Fsp3) is 0.400. The summed E-state index contributed by atoms with van der Waals surface area (Å²) in [6.45, 7) is 8.43. The second-order valence-electron chi connectivity index (χ2n) is 8.80. The van der Waals surface area contributed by atoms with E-state index >= 15 is 0 Å². The number of rotatable bonds is 6. The average molecular weight is 419 g/mol. The maximum Gasteiger partial charge on any atom is 0.274 e. The lowest BCUT2D eigenvalue weighted by Gasteiger charge is -2.34. The summed E-state index contributed by atoms with van der Waals surface area (Å²) >= 11 is 0. The van der Waals surface area contributed by atoms with Gasteiger partial charge in [-0.15, -0.1) is 0 Å². The van der Waals surface area contributed by atoms with E-state index in [1.54, 1.807) is 12.1 Å². The molecule has 0 saturated carbocycles. The summed E-state index contributed by atoms with van der Waals surface area (Å²) < 4.78 is 1.39. The number of fused-ring (bicyclic) bond motifs is 1. The van der Waals surface area contributed by atoms with Gasteiger partial charge >= 0.3 is 0 Å². The largest absolute Gasteiger partial charge is 0.349 e. The maximum absolute atomic E-state index is 13.0. The van der Waals surface area contributed by atoms with Gasteiger partial charge in [-0.2, -0.15) is 5.10 Å². The zero-order valence-electron chi connectivity index (χ0n) is 18.3. The van der Waals surface area contributed by atoms with Gasteiger partial charge in [0.25, 0.3) is 11.5 Å². The summed E-state index contributed by atoms with van der Waals surface area (Å²) in [6.07, 6.45) is 1.27. The molecule has 0 radical (unpaired) electrons. The fourth-order valence-electron chi connectivity index (χ4n) is 4.65. The van der Waals surface area contributed by atoms with Crippen molar-refractivity contribution in [3.63, 3.8) is 0 Å². The van der Waals surface area contributed by atoms with Gasteiger partial charge in [0, 0.05) is 31.6 Å². The Morgan fingerprint density at radius 3 is 2.35 bits per heavy atom. The van der Waals surface area contributed by atoms with Gasteiger partial charge < -0.3 is 10.2 Å². The Hall–Kier alpha value is -2.99. The molecule has 2 unspecified atom stereocenters. The summed E-state index contributed by atoms with van der Waals surface area (Å²) in [6, 6.07) is 16.9. The van der Waals surface area contributed by atoms with Crippen molar-refractivity contribution < 1.29 is 4.79 Å². The Morgan fingerprint density at radius 2 is 1.65 bits per heavy atom. The normalized spacial score (nSPS) is 19.4. The number of nitrogens with zero attached hydrogens (tertiary/aromatic N) is 3. The summed E-state index contributed by atoms with van der Waals surface area (Å²) in [7, 11) is 0. The third-order valence-corrected chi connectivity index (χ3v) is 5.92. The lowest BCUT2D eigenvalue weighted by atomic mass is 9.92. The number of benzene rings is 2. The van der Waals surface area contributed by atoms with Crippen LogP contribution in [0.1, 0.15) is 36.3 Å². The number of amides is 1. The summed E-state index contributed by atoms with van der Waals surface area (Å²) in [5.41, 5.74) is 1.07. The number of hydrogen-bond donors (Lipinski definition) is 1. The molecule has 0 bridgehead atoms. The number of hydrogen-bond acceptors (Lipinski definition) is 4. The lowest BCUT2D eigenvalue weighted by molar-refractivity contribution is 0.0931. The first-order valence-electron chi connectivity index (χ1n) is 11.1. The molecule has 1 saturated heterocycles. The number of carbonyl (C=O) groups excluding carboxylic acids is 1. The van der Waals surface area contributed by atoms with E-state index in [0.29, 0.717) is 41.4 Å². The van der Waals surface area contributed by atoms with Gasteiger partial charge in [0.1, 0.15) is 0 Å². The van der Waals surface area contributed by atoms with Crippen LogP contribution in [0.3, 0.4) is 0 Å². The van der Waals surface area contributed by atoms with Crippen LogP contribution in [0.15, 0.2) is 59.4 Å². The molecular formula is C25H30N4O2. The molecule has 1 aliphatic rings. The van der Waals surface area contributed by atoms with E-state index in [0.717, 1.165) is 25.2 Å². The van der Waals surface area contributed by atoms with Gasteiger partial charge in [0.05, 0.1) is 11.9 Å². The molecule has 2 atom stereocenters. The second kappa shape index (κ2) is 9.43. The summed E-state index contributed by atoms with van der Waals surface area (Å²) in [5.74, 6) is 1.13. The smallest absolute Gasteiger partial charge is 0.274 e. The third-order valence-electron chi connectivity index (χ3n) is 5.92. The molecule has 1 N–H and O–H groups in total. The molecule has 4 rings (SSSR count). The maximum atomic E-state index is 13.0. The number of likely N-dealkylation sites (tertiary alicyclic amines) is 1. The van der Waals surface area contributed by atoms with E-state index in [-0.39, 0.29) is 11.5 Å². The third kappa shape index (κ3) is 5.02. The van der Waals surface area contributed by atoms with Gasteiger partial charge in [-0.05, 0) is 29.9 Å². The molecule has 1 aromatic heterocycles. The predicted octanol–water partition coefficient (Wildman–Crippen LogP) is 3.15. The second-order valence-corrected chi connectivity index (χ2v) is 8.80. The van der Waals surface area contributed by atoms with E-state index < -0.39 is 0 Å². The number of piperidine rings is 1. The SMILES string of the molecule is CC1CC(C)CN(CCNC(=O)c2nn(Cc3ccccc3)c(=O)c3ccccc23)C1.